The van der Waals surface area contributed by atoms with E-state index in [-0.39, 0.29) is 17.8 Å². The summed E-state index contributed by atoms with van der Waals surface area (Å²) in [4.78, 5) is 15.4. The third kappa shape index (κ3) is 3.60. The lowest BCUT2D eigenvalue weighted by Crippen LogP contribution is -2.37. The number of hydrogen-bond donors (Lipinski definition) is 0. The Kier molecular flexibility index (Phi) is 4.72. The lowest BCUT2D eigenvalue weighted by atomic mass is 9.93. The Morgan fingerprint density at radius 3 is 2.54 bits per heavy atom. The van der Waals surface area contributed by atoms with Crippen molar-refractivity contribution in [1.29, 1.82) is 0 Å². The standard InChI is InChI=1S/C16H13ClF3N3O/c1-15(2,23-9-11(17)8-22-23)14(24)7-10-4-5-13(21-3)12(6-10)16(18,19)20/h4-6,8-9H,7H2,1-2H3. The van der Waals surface area contributed by atoms with Crippen LogP contribution in [0.4, 0.5) is 18.9 Å². The number of aromatic nitrogens is 2. The molecular weight excluding hydrogens is 343 g/mol. The van der Waals surface area contributed by atoms with Crippen LogP contribution in [0.15, 0.2) is 30.6 Å². The van der Waals surface area contributed by atoms with Crippen molar-refractivity contribution < 1.29 is 18.0 Å². The molecule has 2 rings (SSSR count). The fraction of sp³-hybridized carbons (Fsp3) is 0.312. The van der Waals surface area contributed by atoms with E-state index in [0.29, 0.717) is 5.02 Å². The third-order valence-electron chi connectivity index (χ3n) is 3.66. The minimum Gasteiger partial charge on any atom is -0.297 e. The van der Waals surface area contributed by atoms with Gasteiger partial charge < -0.3 is 0 Å². The number of ketones is 1. The van der Waals surface area contributed by atoms with Gasteiger partial charge in [0.2, 0.25) is 0 Å². The summed E-state index contributed by atoms with van der Waals surface area (Å²) in [5, 5.41) is 4.34. The molecule has 0 N–H and O–H groups in total. The zero-order valence-corrected chi connectivity index (χ0v) is 13.6. The number of carbonyl (C=O) groups is 1. The summed E-state index contributed by atoms with van der Waals surface area (Å²) in [6.45, 7) is 10.0. The molecule has 2 aromatic rings. The van der Waals surface area contributed by atoms with Crippen molar-refractivity contribution in [2.24, 2.45) is 0 Å². The molecule has 1 aromatic carbocycles. The van der Waals surface area contributed by atoms with Crippen molar-refractivity contribution in [1.82, 2.24) is 9.78 Å². The zero-order chi connectivity index (χ0) is 18.1. The van der Waals surface area contributed by atoms with Gasteiger partial charge in [0.1, 0.15) is 5.54 Å². The smallest absolute Gasteiger partial charge is 0.297 e. The van der Waals surface area contributed by atoms with Crippen LogP contribution in [0, 0.1) is 6.57 Å². The van der Waals surface area contributed by atoms with Gasteiger partial charge in [-0.2, -0.15) is 18.3 Å². The average molecular weight is 356 g/mol. The van der Waals surface area contributed by atoms with Crippen LogP contribution in [0.2, 0.25) is 5.02 Å². The molecule has 0 bridgehead atoms. The molecule has 0 aliphatic heterocycles. The van der Waals surface area contributed by atoms with Gasteiger partial charge in [-0.25, -0.2) is 4.85 Å². The van der Waals surface area contributed by atoms with Gasteiger partial charge in [0.25, 0.3) is 0 Å². The highest BCUT2D eigenvalue weighted by atomic mass is 35.5. The van der Waals surface area contributed by atoms with Crippen LogP contribution in [0.3, 0.4) is 0 Å². The Labute approximate surface area is 141 Å². The second-order valence-corrected chi connectivity index (χ2v) is 6.16. The van der Waals surface area contributed by atoms with Crippen molar-refractivity contribution in [3.8, 4) is 0 Å². The largest absolute Gasteiger partial charge is 0.407 e. The topological polar surface area (TPSA) is 39.2 Å². The van der Waals surface area contributed by atoms with Crippen molar-refractivity contribution >= 4 is 23.1 Å². The fourth-order valence-corrected chi connectivity index (χ4v) is 2.29. The number of nitrogens with zero attached hydrogens (tertiary/aromatic N) is 3. The van der Waals surface area contributed by atoms with E-state index in [1.807, 2.05) is 0 Å². The van der Waals surface area contributed by atoms with Gasteiger partial charge in [-0.3, -0.25) is 9.48 Å². The van der Waals surface area contributed by atoms with Crippen LogP contribution in [0.1, 0.15) is 25.0 Å². The third-order valence-corrected chi connectivity index (χ3v) is 3.85. The van der Waals surface area contributed by atoms with E-state index in [2.05, 4.69) is 9.94 Å². The number of carbonyl (C=O) groups excluding carboxylic acids is 1. The summed E-state index contributed by atoms with van der Waals surface area (Å²) in [6, 6.07) is 3.28. The highest BCUT2D eigenvalue weighted by Crippen LogP contribution is 2.37. The Morgan fingerprint density at radius 2 is 2.04 bits per heavy atom. The minimum absolute atomic E-state index is 0.186. The summed E-state index contributed by atoms with van der Waals surface area (Å²) in [5.74, 6) is -0.328. The molecule has 0 fully saturated rings. The van der Waals surface area contributed by atoms with E-state index in [1.54, 1.807) is 13.8 Å². The SMILES string of the molecule is [C-]#[N+]c1ccc(CC(=O)C(C)(C)n2cc(Cl)cn2)cc1C(F)(F)F. The fourth-order valence-electron chi connectivity index (χ4n) is 2.15. The van der Waals surface area contributed by atoms with Gasteiger partial charge >= 0.3 is 6.18 Å². The molecule has 0 aliphatic carbocycles. The molecule has 1 heterocycles. The molecule has 0 radical (unpaired) electrons. The van der Waals surface area contributed by atoms with E-state index < -0.39 is 23.0 Å². The first-order valence-electron chi connectivity index (χ1n) is 6.87. The van der Waals surface area contributed by atoms with Gasteiger partial charge in [-0.05, 0) is 19.4 Å². The number of halogens is 4. The number of alkyl halides is 3. The van der Waals surface area contributed by atoms with E-state index in [0.717, 1.165) is 12.1 Å². The van der Waals surface area contributed by atoms with Crippen LogP contribution in [0.25, 0.3) is 4.85 Å². The van der Waals surface area contributed by atoms with Crippen LogP contribution < -0.4 is 0 Å². The van der Waals surface area contributed by atoms with Crippen molar-refractivity contribution in [2.45, 2.75) is 32.0 Å². The zero-order valence-electron chi connectivity index (χ0n) is 12.9. The van der Waals surface area contributed by atoms with Crippen molar-refractivity contribution in [2.75, 3.05) is 0 Å². The van der Waals surface area contributed by atoms with E-state index >= 15 is 0 Å². The summed E-state index contributed by atoms with van der Waals surface area (Å²) in [7, 11) is 0. The number of rotatable bonds is 4. The first-order chi connectivity index (χ1) is 11.1. The Hall–Kier alpha value is -2.33. The van der Waals surface area contributed by atoms with E-state index in [1.165, 1.54) is 23.1 Å². The molecular formula is C16H13ClF3N3O. The number of benzene rings is 1. The maximum atomic E-state index is 13.0. The normalized spacial score (nSPS) is 12.0. The second kappa shape index (κ2) is 6.29. The van der Waals surface area contributed by atoms with Gasteiger partial charge in [0.05, 0.1) is 23.4 Å². The Balaban J connectivity index is 2.31. The first-order valence-corrected chi connectivity index (χ1v) is 7.25. The lowest BCUT2D eigenvalue weighted by Gasteiger charge is -2.24. The maximum absolute atomic E-state index is 13.0. The summed E-state index contributed by atoms with van der Waals surface area (Å²) >= 11 is 5.79. The van der Waals surface area contributed by atoms with Gasteiger partial charge in [0.15, 0.2) is 11.5 Å². The molecule has 0 unspecified atom stereocenters. The van der Waals surface area contributed by atoms with Crippen LogP contribution in [-0.4, -0.2) is 15.6 Å². The molecule has 1 aromatic heterocycles. The molecule has 0 atom stereocenters. The minimum atomic E-state index is -4.65. The quantitative estimate of drug-likeness (QED) is 0.749. The van der Waals surface area contributed by atoms with Gasteiger partial charge in [-0.15, -0.1) is 0 Å². The highest BCUT2D eigenvalue weighted by Gasteiger charge is 2.35. The summed E-state index contributed by atoms with van der Waals surface area (Å²) in [5.41, 5.74) is -2.41. The average Bonchev–Trinajstić information content (AvgIpc) is 2.93. The van der Waals surface area contributed by atoms with Crippen LogP contribution in [-0.2, 0) is 22.9 Å². The molecule has 126 valence electrons. The molecule has 0 spiro atoms. The molecule has 0 amide bonds. The summed E-state index contributed by atoms with van der Waals surface area (Å²) in [6.07, 6.45) is -2.01. The van der Waals surface area contributed by atoms with Crippen molar-refractivity contribution in [3.63, 3.8) is 0 Å². The number of Topliss-reactive ketones (excluding diaryl/α,β-unsaturated/α-hetero) is 1. The number of hydrogen-bond acceptors (Lipinski definition) is 2. The van der Waals surface area contributed by atoms with Crippen LogP contribution >= 0.6 is 11.6 Å². The second-order valence-electron chi connectivity index (χ2n) is 5.72. The Morgan fingerprint density at radius 1 is 1.38 bits per heavy atom. The highest BCUT2D eigenvalue weighted by molar-refractivity contribution is 6.30. The van der Waals surface area contributed by atoms with Gasteiger partial charge in [-0.1, -0.05) is 29.8 Å². The molecule has 24 heavy (non-hydrogen) atoms. The molecule has 0 saturated carbocycles. The molecule has 8 heteroatoms. The van der Waals surface area contributed by atoms with E-state index in [4.69, 9.17) is 18.2 Å². The van der Waals surface area contributed by atoms with Gasteiger partial charge in [0, 0.05) is 12.6 Å². The first kappa shape index (κ1) is 18.0. The Bertz CT molecular complexity index is 819. The predicted octanol–water partition coefficient (Wildman–Crippen LogP) is 4.65. The summed E-state index contributed by atoms with van der Waals surface area (Å²) < 4.78 is 40.4. The maximum Gasteiger partial charge on any atom is 0.407 e. The lowest BCUT2D eigenvalue weighted by molar-refractivity contribution is -0.137. The predicted molar refractivity (Wildman–Crippen MR) is 83.0 cm³/mol. The molecule has 0 aliphatic rings. The molecule has 0 saturated heterocycles. The molecule has 4 nitrogen and oxygen atoms in total. The monoisotopic (exact) mass is 355 g/mol. The van der Waals surface area contributed by atoms with Crippen LogP contribution in [0.5, 0.6) is 0 Å². The van der Waals surface area contributed by atoms with Crippen molar-refractivity contribution in [3.05, 3.63) is 58.2 Å². The van der Waals surface area contributed by atoms with E-state index in [9.17, 15) is 18.0 Å².